The van der Waals surface area contributed by atoms with E-state index in [2.05, 4.69) is 25.2 Å². The van der Waals surface area contributed by atoms with E-state index < -0.39 is 0 Å². The van der Waals surface area contributed by atoms with Crippen LogP contribution in [0.3, 0.4) is 0 Å². The van der Waals surface area contributed by atoms with Gasteiger partial charge in [-0.3, -0.25) is 0 Å². The van der Waals surface area contributed by atoms with Crippen LogP contribution >= 0.6 is 0 Å². The Kier molecular flexibility index (Phi) is 3.89. The van der Waals surface area contributed by atoms with Crippen molar-refractivity contribution in [3.05, 3.63) is 23.8 Å². The van der Waals surface area contributed by atoms with Crippen molar-refractivity contribution >= 4 is 0 Å². The summed E-state index contributed by atoms with van der Waals surface area (Å²) in [4.78, 5) is 0. The molecular weight excluding hydrogens is 214 g/mol. The van der Waals surface area contributed by atoms with E-state index in [0.29, 0.717) is 18.6 Å². The molecule has 3 heteroatoms. The van der Waals surface area contributed by atoms with Crippen molar-refractivity contribution in [1.82, 2.24) is 5.32 Å². The summed E-state index contributed by atoms with van der Waals surface area (Å²) in [5, 5.41) is 3.23. The number of likely N-dealkylation sites (N-methyl/N-ethyl adjacent to an activating group) is 1. The smallest absolute Gasteiger partial charge is 0.127 e. The molecule has 1 atom stereocenters. The Hall–Kier alpha value is -1.22. The van der Waals surface area contributed by atoms with E-state index in [9.17, 15) is 0 Å². The molecule has 0 aromatic heterocycles. The van der Waals surface area contributed by atoms with Gasteiger partial charge < -0.3 is 14.8 Å². The highest BCUT2D eigenvalue weighted by molar-refractivity contribution is 5.44. The van der Waals surface area contributed by atoms with Crippen LogP contribution in [-0.2, 0) is 0 Å². The lowest BCUT2D eigenvalue weighted by Gasteiger charge is -2.10. The van der Waals surface area contributed by atoms with Gasteiger partial charge >= 0.3 is 0 Å². The molecule has 1 aromatic rings. The maximum absolute atomic E-state index is 5.71. The first-order chi connectivity index (χ1) is 8.20. The first-order valence-electron chi connectivity index (χ1n) is 6.27. The third-order valence-corrected chi connectivity index (χ3v) is 3.08. The van der Waals surface area contributed by atoms with Crippen LogP contribution in [0.1, 0.15) is 31.9 Å². The van der Waals surface area contributed by atoms with Gasteiger partial charge in [-0.1, -0.05) is 13.8 Å². The van der Waals surface area contributed by atoms with Crippen molar-refractivity contribution in [2.45, 2.75) is 26.3 Å². The van der Waals surface area contributed by atoms with Crippen molar-refractivity contribution in [3.63, 3.8) is 0 Å². The average molecular weight is 235 g/mol. The molecule has 0 fully saturated rings. The fourth-order valence-corrected chi connectivity index (χ4v) is 1.93. The Bertz CT molecular complexity index is 376. The fourth-order valence-electron chi connectivity index (χ4n) is 1.93. The summed E-state index contributed by atoms with van der Waals surface area (Å²) >= 11 is 0. The zero-order valence-corrected chi connectivity index (χ0v) is 10.8. The minimum Gasteiger partial charge on any atom is -0.493 e. The van der Waals surface area contributed by atoms with Crippen molar-refractivity contribution < 1.29 is 9.47 Å². The van der Waals surface area contributed by atoms with Gasteiger partial charge in [-0.15, -0.1) is 0 Å². The van der Waals surface area contributed by atoms with E-state index in [1.807, 2.05) is 19.2 Å². The van der Waals surface area contributed by atoms with E-state index in [-0.39, 0.29) is 0 Å². The van der Waals surface area contributed by atoms with Gasteiger partial charge in [-0.25, -0.2) is 0 Å². The first kappa shape index (κ1) is 12.2. The Labute approximate surface area is 103 Å². The largest absolute Gasteiger partial charge is 0.493 e. The SMILES string of the molecule is CNC1COc2cc(OCCC(C)C)ccc21. The summed E-state index contributed by atoms with van der Waals surface area (Å²) in [5.41, 5.74) is 1.23. The van der Waals surface area contributed by atoms with Gasteiger partial charge in [0.15, 0.2) is 0 Å². The average Bonchev–Trinajstić information content (AvgIpc) is 2.70. The van der Waals surface area contributed by atoms with E-state index in [1.165, 1.54) is 5.56 Å². The lowest BCUT2D eigenvalue weighted by molar-refractivity contribution is 0.286. The number of fused-ring (bicyclic) bond motifs is 1. The molecule has 1 N–H and O–H groups in total. The summed E-state index contributed by atoms with van der Waals surface area (Å²) in [5.74, 6) is 2.53. The van der Waals surface area contributed by atoms with Gasteiger partial charge in [0, 0.05) is 11.6 Å². The Balaban J connectivity index is 1.98. The van der Waals surface area contributed by atoms with Gasteiger partial charge in [0.2, 0.25) is 0 Å². The summed E-state index contributed by atoms with van der Waals surface area (Å²) in [6, 6.07) is 6.43. The van der Waals surface area contributed by atoms with Crippen LogP contribution in [0.5, 0.6) is 11.5 Å². The molecule has 0 amide bonds. The summed E-state index contributed by atoms with van der Waals surface area (Å²) < 4.78 is 11.3. The third kappa shape index (κ3) is 2.91. The number of rotatable bonds is 5. The molecule has 0 saturated carbocycles. The van der Waals surface area contributed by atoms with Gasteiger partial charge in [0.1, 0.15) is 18.1 Å². The molecule has 0 spiro atoms. The minimum atomic E-state index is 0.315. The minimum absolute atomic E-state index is 0.315. The highest BCUT2D eigenvalue weighted by Crippen LogP contribution is 2.35. The van der Waals surface area contributed by atoms with Gasteiger partial charge in [0.05, 0.1) is 12.6 Å². The van der Waals surface area contributed by atoms with Crippen LogP contribution in [-0.4, -0.2) is 20.3 Å². The standard InChI is InChI=1S/C14H21NO2/c1-10(2)6-7-16-11-4-5-12-13(15-3)9-17-14(12)8-11/h4-5,8,10,13,15H,6-7,9H2,1-3H3. The molecule has 3 nitrogen and oxygen atoms in total. The molecule has 0 aliphatic carbocycles. The molecule has 94 valence electrons. The maximum atomic E-state index is 5.71. The molecule has 1 unspecified atom stereocenters. The van der Waals surface area contributed by atoms with E-state index in [0.717, 1.165) is 24.5 Å². The quantitative estimate of drug-likeness (QED) is 0.851. The van der Waals surface area contributed by atoms with E-state index in [1.54, 1.807) is 0 Å². The number of nitrogens with one attached hydrogen (secondary N) is 1. The summed E-state index contributed by atoms with van der Waals surface area (Å²) in [7, 11) is 1.95. The molecule has 1 heterocycles. The van der Waals surface area contributed by atoms with Crippen LogP contribution < -0.4 is 14.8 Å². The second-order valence-electron chi connectivity index (χ2n) is 4.88. The molecule has 1 aliphatic rings. The van der Waals surface area contributed by atoms with Crippen molar-refractivity contribution in [1.29, 1.82) is 0 Å². The Morgan fingerprint density at radius 3 is 3.00 bits per heavy atom. The fraction of sp³-hybridized carbons (Fsp3) is 0.571. The monoisotopic (exact) mass is 235 g/mol. The molecule has 1 aliphatic heterocycles. The van der Waals surface area contributed by atoms with Crippen LogP contribution in [0.25, 0.3) is 0 Å². The van der Waals surface area contributed by atoms with Crippen LogP contribution in [0.4, 0.5) is 0 Å². The Morgan fingerprint density at radius 2 is 2.29 bits per heavy atom. The first-order valence-corrected chi connectivity index (χ1v) is 6.27. The van der Waals surface area contributed by atoms with Crippen LogP contribution in [0.2, 0.25) is 0 Å². The van der Waals surface area contributed by atoms with Gasteiger partial charge in [-0.05, 0) is 31.5 Å². The summed E-state index contributed by atoms with van der Waals surface area (Å²) in [6.45, 7) is 5.88. The highest BCUT2D eigenvalue weighted by Gasteiger charge is 2.22. The predicted molar refractivity (Wildman–Crippen MR) is 68.7 cm³/mol. The van der Waals surface area contributed by atoms with Gasteiger partial charge in [0.25, 0.3) is 0 Å². The highest BCUT2D eigenvalue weighted by atomic mass is 16.5. The topological polar surface area (TPSA) is 30.5 Å². The zero-order chi connectivity index (χ0) is 12.3. The van der Waals surface area contributed by atoms with Crippen molar-refractivity contribution in [2.24, 2.45) is 5.92 Å². The maximum Gasteiger partial charge on any atom is 0.127 e. The lowest BCUT2D eigenvalue weighted by atomic mass is 10.1. The van der Waals surface area contributed by atoms with E-state index >= 15 is 0 Å². The second kappa shape index (κ2) is 5.41. The molecule has 17 heavy (non-hydrogen) atoms. The number of hydrogen-bond donors (Lipinski definition) is 1. The van der Waals surface area contributed by atoms with Crippen molar-refractivity contribution in [2.75, 3.05) is 20.3 Å². The second-order valence-corrected chi connectivity index (χ2v) is 4.88. The van der Waals surface area contributed by atoms with Gasteiger partial charge in [-0.2, -0.15) is 0 Å². The molecule has 0 radical (unpaired) electrons. The molecular formula is C14H21NO2. The third-order valence-electron chi connectivity index (χ3n) is 3.08. The summed E-state index contributed by atoms with van der Waals surface area (Å²) in [6.07, 6.45) is 1.08. The van der Waals surface area contributed by atoms with Crippen LogP contribution in [0.15, 0.2) is 18.2 Å². The predicted octanol–water partition coefficient (Wildman–Crippen LogP) is 2.76. The normalized spacial score (nSPS) is 18.0. The van der Waals surface area contributed by atoms with E-state index in [4.69, 9.17) is 9.47 Å². The Morgan fingerprint density at radius 1 is 1.47 bits per heavy atom. The lowest BCUT2D eigenvalue weighted by Crippen LogP contribution is -2.17. The number of hydrogen-bond acceptors (Lipinski definition) is 3. The number of ether oxygens (including phenoxy) is 2. The van der Waals surface area contributed by atoms with Crippen LogP contribution in [0, 0.1) is 5.92 Å². The molecule has 0 bridgehead atoms. The number of benzene rings is 1. The molecule has 2 rings (SSSR count). The molecule has 0 saturated heterocycles. The van der Waals surface area contributed by atoms with Crippen molar-refractivity contribution in [3.8, 4) is 11.5 Å². The zero-order valence-electron chi connectivity index (χ0n) is 10.8. The molecule has 1 aromatic carbocycles.